The fraction of sp³-hybridized carbons (Fsp3) is 0.235. The molecule has 0 unspecified atom stereocenters. The van der Waals surface area contributed by atoms with Crippen molar-refractivity contribution < 1.29 is 13.9 Å². The number of furan rings is 1. The van der Waals surface area contributed by atoms with Gasteiger partial charge in [0.05, 0.1) is 0 Å². The number of nitrogens with one attached hydrogen (secondary N) is 2. The average Bonchev–Trinajstić information content (AvgIpc) is 3.22. The van der Waals surface area contributed by atoms with E-state index in [-0.39, 0.29) is 18.3 Å². The molecule has 0 radical (unpaired) electrons. The van der Waals surface area contributed by atoms with Crippen molar-refractivity contribution in [2.45, 2.75) is 13.0 Å². The smallest absolute Gasteiger partial charge is 0.287 e. The van der Waals surface area contributed by atoms with E-state index >= 15 is 0 Å². The molecule has 1 amide bonds. The Balaban J connectivity index is 1.49. The van der Waals surface area contributed by atoms with Gasteiger partial charge in [0, 0.05) is 24.5 Å². The van der Waals surface area contributed by atoms with Gasteiger partial charge in [-0.1, -0.05) is 22.0 Å². The SMILES string of the molecule is Cn1c(CCNC(=O)c2ccc(COc3cccc(Br)c3)o2)n[nH]c1=S. The maximum Gasteiger partial charge on any atom is 0.287 e. The molecule has 0 aliphatic heterocycles. The van der Waals surface area contributed by atoms with Crippen LogP contribution in [0, 0.1) is 4.77 Å². The van der Waals surface area contributed by atoms with E-state index in [1.807, 2.05) is 31.3 Å². The third-order valence-corrected chi connectivity index (χ3v) is 4.53. The minimum Gasteiger partial charge on any atom is -0.486 e. The highest BCUT2D eigenvalue weighted by molar-refractivity contribution is 9.10. The monoisotopic (exact) mass is 436 g/mol. The fourth-order valence-corrected chi connectivity index (χ4v) is 2.80. The van der Waals surface area contributed by atoms with Crippen molar-refractivity contribution in [3.05, 3.63) is 63.0 Å². The standard InChI is InChI=1S/C17H17BrN4O3S/c1-22-15(20-21-17(22)26)7-8-19-16(23)14-6-5-13(25-14)10-24-12-4-2-3-11(18)9-12/h2-6,9H,7-8,10H2,1H3,(H,19,23)(H,21,26). The lowest BCUT2D eigenvalue weighted by molar-refractivity contribution is 0.0922. The van der Waals surface area contributed by atoms with Crippen LogP contribution in [0.25, 0.3) is 0 Å². The van der Waals surface area contributed by atoms with E-state index in [1.165, 1.54) is 0 Å². The predicted octanol–water partition coefficient (Wildman–Crippen LogP) is 3.38. The van der Waals surface area contributed by atoms with E-state index in [9.17, 15) is 4.79 Å². The molecule has 0 aliphatic carbocycles. The number of halogens is 1. The number of ether oxygens (including phenoxy) is 1. The Morgan fingerprint density at radius 1 is 1.42 bits per heavy atom. The third kappa shape index (κ3) is 4.61. The van der Waals surface area contributed by atoms with Crippen molar-refractivity contribution in [1.29, 1.82) is 0 Å². The van der Waals surface area contributed by atoms with Crippen molar-refractivity contribution in [2.24, 2.45) is 7.05 Å². The third-order valence-electron chi connectivity index (χ3n) is 3.67. The van der Waals surface area contributed by atoms with Gasteiger partial charge in [0.1, 0.15) is 23.9 Å². The highest BCUT2D eigenvalue weighted by Crippen LogP contribution is 2.19. The van der Waals surface area contributed by atoms with Gasteiger partial charge in [-0.15, -0.1) is 0 Å². The molecule has 0 fully saturated rings. The summed E-state index contributed by atoms with van der Waals surface area (Å²) >= 11 is 8.44. The van der Waals surface area contributed by atoms with Gasteiger partial charge in [0.15, 0.2) is 10.5 Å². The van der Waals surface area contributed by atoms with Crippen LogP contribution in [0.4, 0.5) is 0 Å². The Kier molecular flexibility index (Phi) is 5.89. The summed E-state index contributed by atoms with van der Waals surface area (Å²) in [5.74, 6) is 2.03. The second-order valence-corrected chi connectivity index (χ2v) is 6.82. The number of nitrogens with zero attached hydrogens (tertiary/aromatic N) is 2. The quantitative estimate of drug-likeness (QED) is 0.554. The zero-order chi connectivity index (χ0) is 18.5. The average molecular weight is 437 g/mol. The van der Waals surface area contributed by atoms with Crippen LogP contribution >= 0.6 is 28.1 Å². The molecule has 2 N–H and O–H groups in total. The molecular formula is C17H17BrN4O3S. The van der Waals surface area contributed by atoms with Crippen molar-refractivity contribution in [2.75, 3.05) is 6.54 Å². The number of aromatic nitrogens is 3. The highest BCUT2D eigenvalue weighted by atomic mass is 79.9. The first kappa shape index (κ1) is 18.4. The van der Waals surface area contributed by atoms with E-state index in [0.717, 1.165) is 16.0 Å². The van der Waals surface area contributed by atoms with Crippen LogP contribution in [-0.4, -0.2) is 27.2 Å². The molecule has 0 atom stereocenters. The molecule has 7 nitrogen and oxygen atoms in total. The van der Waals surface area contributed by atoms with E-state index in [1.54, 1.807) is 16.7 Å². The molecule has 0 saturated heterocycles. The summed E-state index contributed by atoms with van der Waals surface area (Å²) in [6, 6.07) is 10.9. The van der Waals surface area contributed by atoms with Crippen LogP contribution < -0.4 is 10.1 Å². The van der Waals surface area contributed by atoms with Crippen molar-refractivity contribution in [3.8, 4) is 5.75 Å². The van der Waals surface area contributed by atoms with Crippen LogP contribution in [0.2, 0.25) is 0 Å². The van der Waals surface area contributed by atoms with Gasteiger partial charge in [0.25, 0.3) is 5.91 Å². The summed E-state index contributed by atoms with van der Waals surface area (Å²) in [5.41, 5.74) is 0. The molecule has 9 heteroatoms. The molecule has 0 saturated carbocycles. The Bertz CT molecular complexity index is 963. The van der Waals surface area contributed by atoms with Crippen molar-refractivity contribution in [1.82, 2.24) is 20.1 Å². The minimum absolute atomic E-state index is 0.244. The minimum atomic E-state index is -0.282. The topological polar surface area (TPSA) is 85.1 Å². The number of carbonyl (C=O) groups excluding carboxylic acids is 1. The van der Waals surface area contributed by atoms with Gasteiger partial charge in [-0.2, -0.15) is 5.10 Å². The van der Waals surface area contributed by atoms with E-state index in [4.69, 9.17) is 21.4 Å². The molecule has 1 aromatic carbocycles. The summed E-state index contributed by atoms with van der Waals surface area (Å²) in [6.45, 7) is 0.672. The summed E-state index contributed by atoms with van der Waals surface area (Å²) in [4.78, 5) is 12.1. The molecule has 3 aromatic rings. The van der Waals surface area contributed by atoms with Gasteiger partial charge in [-0.25, -0.2) is 0 Å². The maximum atomic E-state index is 12.1. The zero-order valence-corrected chi connectivity index (χ0v) is 16.4. The van der Waals surface area contributed by atoms with Crippen molar-refractivity contribution in [3.63, 3.8) is 0 Å². The van der Waals surface area contributed by atoms with Gasteiger partial charge in [-0.3, -0.25) is 9.89 Å². The Hall–Kier alpha value is -2.39. The van der Waals surface area contributed by atoms with Gasteiger partial charge in [0.2, 0.25) is 0 Å². The lowest BCUT2D eigenvalue weighted by Gasteiger charge is -2.05. The number of carbonyl (C=O) groups is 1. The molecule has 3 rings (SSSR count). The Morgan fingerprint density at radius 3 is 3.00 bits per heavy atom. The lowest BCUT2D eigenvalue weighted by atomic mass is 10.3. The Morgan fingerprint density at radius 2 is 2.27 bits per heavy atom. The first-order valence-electron chi connectivity index (χ1n) is 7.88. The molecule has 136 valence electrons. The van der Waals surface area contributed by atoms with Crippen molar-refractivity contribution >= 4 is 34.1 Å². The summed E-state index contributed by atoms with van der Waals surface area (Å²) in [6.07, 6.45) is 0.564. The molecule has 0 spiro atoms. The number of aromatic amines is 1. The van der Waals surface area contributed by atoms with E-state index in [2.05, 4.69) is 31.4 Å². The van der Waals surface area contributed by atoms with E-state index < -0.39 is 0 Å². The van der Waals surface area contributed by atoms with Crippen LogP contribution in [0.5, 0.6) is 5.75 Å². The molecule has 2 aromatic heterocycles. The molecule has 0 aliphatic rings. The molecule has 0 bridgehead atoms. The first-order valence-corrected chi connectivity index (χ1v) is 9.08. The molecule has 2 heterocycles. The van der Waals surface area contributed by atoms with Gasteiger partial charge < -0.3 is 19.0 Å². The molecule has 26 heavy (non-hydrogen) atoms. The Labute approximate surface area is 163 Å². The summed E-state index contributed by atoms with van der Waals surface area (Å²) < 4.78 is 14.4. The van der Waals surface area contributed by atoms with Gasteiger partial charge >= 0.3 is 0 Å². The maximum absolute atomic E-state index is 12.1. The normalized spacial score (nSPS) is 10.7. The van der Waals surface area contributed by atoms with E-state index in [0.29, 0.717) is 23.5 Å². The number of hydrogen-bond donors (Lipinski definition) is 2. The number of amides is 1. The highest BCUT2D eigenvalue weighted by Gasteiger charge is 2.12. The van der Waals surface area contributed by atoms with Gasteiger partial charge in [-0.05, 0) is 42.5 Å². The number of hydrogen-bond acceptors (Lipinski definition) is 5. The van der Waals surface area contributed by atoms with Crippen LogP contribution in [0.3, 0.4) is 0 Å². The second kappa shape index (κ2) is 8.33. The fourth-order valence-electron chi connectivity index (χ4n) is 2.27. The lowest BCUT2D eigenvalue weighted by Crippen LogP contribution is -2.26. The predicted molar refractivity (Wildman–Crippen MR) is 102 cm³/mol. The number of H-pyrrole nitrogens is 1. The number of benzene rings is 1. The largest absolute Gasteiger partial charge is 0.486 e. The van der Waals surface area contributed by atoms with Crippen LogP contribution in [0.1, 0.15) is 22.1 Å². The first-order chi connectivity index (χ1) is 12.5. The zero-order valence-electron chi connectivity index (χ0n) is 14.0. The van der Waals surface area contributed by atoms with Crippen LogP contribution in [-0.2, 0) is 20.1 Å². The van der Waals surface area contributed by atoms with Crippen LogP contribution in [0.15, 0.2) is 45.3 Å². The molecular weight excluding hydrogens is 420 g/mol. The summed E-state index contributed by atoms with van der Waals surface area (Å²) in [5, 5.41) is 9.61. The summed E-state index contributed by atoms with van der Waals surface area (Å²) in [7, 11) is 1.83. The number of rotatable bonds is 7. The second-order valence-electron chi connectivity index (χ2n) is 5.52.